The number of esters is 1. The average Bonchev–Trinajstić information content (AvgIpc) is 2.75. The molecule has 3 heterocycles. The fraction of sp³-hybridized carbons (Fsp3) is 0.696. The maximum absolute atomic E-state index is 13.1. The maximum atomic E-state index is 13.1. The lowest BCUT2D eigenvalue weighted by Crippen LogP contribution is -2.52. The number of ether oxygens (including phenoxy) is 1. The molecule has 0 aromatic heterocycles. The van der Waals surface area contributed by atoms with Gasteiger partial charge in [-0.1, -0.05) is 63.4 Å². The van der Waals surface area contributed by atoms with Gasteiger partial charge in [-0.25, -0.2) is 4.79 Å². The minimum Gasteiger partial charge on any atom is -0.459 e. The summed E-state index contributed by atoms with van der Waals surface area (Å²) in [5.41, 5.74) is 1.03. The van der Waals surface area contributed by atoms with E-state index in [1.807, 2.05) is 44.2 Å². The highest BCUT2D eigenvalue weighted by atomic mass is 16.5. The largest absolute Gasteiger partial charge is 0.459 e. The third-order valence-electron chi connectivity index (χ3n) is 6.24. The minimum absolute atomic E-state index is 0.0781. The molecule has 2 bridgehead atoms. The zero-order chi connectivity index (χ0) is 19.1. The van der Waals surface area contributed by atoms with Crippen LogP contribution in [0.2, 0.25) is 0 Å². The standard InChI is InChI=1S/C21H30N2O2.C2H6/c24-21(25-19-15-23-13-11-16(19)12-14-23)20(17-7-3-1-4-8-17)22-18-9-5-2-6-10-18;1-2/h1,3-4,7-8,16,18-20,22H,2,5-6,9-15H2;1-2H3/t19-,20?;/m0./s1. The van der Waals surface area contributed by atoms with Crippen LogP contribution in [0.3, 0.4) is 0 Å². The fourth-order valence-corrected chi connectivity index (χ4v) is 4.71. The number of fused-ring (bicyclic) bond motifs is 3. The quantitative estimate of drug-likeness (QED) is 0.782. The maximum Gasteiger partial charge on any atom is 0.328 e. The van der Waals surface area contributed by atoms with Crippen LogP contribution in [0.15, 0.2) is 30.3 Å². The molecular weight excluding hydrogens is 336 g/mol. The summed E-state index contributed by atoms with van der Waals surface area (Å²) in [6.45, 7) is 7.25. The molecule has 2 atom stereocenters. The highest BCUT2D eigenvalue weighted by Gasteiger charge is 2.38. The first-order chi connectivity index (χ1) is 13.3. The summed E-state index contributed by atoms with van der Waals surface area (Å²) in [5, 5.41) is 3.62. The number of piperidine rings is 3. The third kappa shape index (κ3) is 5.32. The number of carbonyl (C=O) groups is 1. The number of hydrogen-bond acceptors (Lipinski definition) is 4. The number of nitrogens with one attached hydrogen (secondary N) is 1. The molecule has 3 saturated heterocycles. The van der Waals surface area contributed by atoms with Crippen molar-refractivity contribution in [3.05, 3.63) is 35.9 Å². The molecule has 0 radical (unpaired) electrons. The Kier molecular flexibility index (Phi) is 7.71. The summed E-state index contributed by atoms with van der Waals surface area (Å²) in [6.07, 6.45) is 8.58. The van der Waals surface area contributed by atoms with Crippen molar-refractivity contribution in [2.45, 2.75) is 77.0 Å². The highest BCUT2D eigenvalue weighted by Crippen LogP contribution is 2.31. The lowest BCUT2D eigenvalue weighted by Gasteiger charge is -2.44. The van der Waals surface area contributed by atoms with Crippen LogP contribution in [0.4, 0.5) is 0 Å². The molecule has 1 saturated carbocycles. The summed E-state index contributed by atoms with van der Waals surface area (Å²) in [4.78, 5) is 15.5. The second kappa shape index (κ2) is 10.2. The van der Waals surface area contributed by atoms with Gasteiger partial charge in [0.2, 0.25) is 0 Å². The molecule has 4 nitrogen and oxygen atoms in total. The first-order valence-corrected chi connectivity index (χ1v) is 11.0. The topological polar surface area (TPSA) is 41.6 Å². The molecule has 3 aliphatic heterocycles. The van der Waals surface area contributed by atoms with E-state index in [1.54, 1.807) is 0 Å². The van der Waals surface area contributed by atoms with Gasteiger partial charge in [-0.15, -0.1) is 0 Å². The zero-order valence-corrected chi connectivity index (χ0v) is 17.0. The second-order valence-corrected chi connectivity index (χ2v) is 7.96. The van der Waals surface area contributed by atoms with E-state index in [-0.39, 0.29) is 18.1 Å². The van der Waals surface area contributed by atoms with E-state index < -0.39 is 0 Å². The normalized spacial score (nSPS) is 28.7. The van der Waals surface area contributed by atoms with Gasteiger partial charge in [0.25, 0.3) is 0 Å². The number of benzene rings is 1. The molecule has 4 heteroatoms. The van der Waals surface area contributed by atoms with Gasteiger partial charge in [0.05, 0.1) is 0 Å². The molecule has 5 rings (SSSR count). The molecule has 1 aromatic rings. The average molecular weight is 373 g/mol. The van der Waals surface area contributed by atoms with Crippen LogP contribution in [0.1, 0.15) is 70.4 Å². The van der Waals surface area contributed by atoms with E-state index in [2.05, 4.69) is 10.2 Å². The molecule has 4 fully saturated rings. The first-order valence-electron chi connectivity index (χ1n) is 11.0. The highest BCUT2D eigenvalue weighted by molar-refractivity contribution is 5.78. The van der Waals surface area contributed by atoms with E-state index in [9.17, 15) is 4.79 Å². The van der Waals surface area contributed by atoms with E-state index in [0.717, 1.165) is 24.9 Å². The van der Waals surface area contributed by atoms with Crippen LogP contribution in [0, 0.1) is 5.92 Å². The SMILES string of the molecule is CC.O=C(O[C@H]1CN2CCC1CC2)C(NC1CCCCC1)c1ccccc1. The Morgan fingerprint density at radius 3 is 2.30 bits per heavy atom. The van der Waals surface area contributed by atoms with E-state index in [1.165, 1.54) is 45.2 Å². The van der Waals surface area contributed by atoms with E-state index >= 15 is 0 Å². The lowest BCUT2D eigenvalue weighted by molar-refractivity contribution is -0.162. The predicted molar refractivity (Wildman–Crippen MR) is 110 cm³/mol. The second-order valence-electron chi connectivity index (χ2n) is 7.96. The number of hydrogen-bond donors (Lipinski definition) is 1. The fourth-order valence-electron chi connectivity index (χ4n) is 4.71. The molecule has 1 N–H and O–H groups in total. The Labute approximate surface area is 164 Å². The van der Waals surface area contributed by atoms with Gasteiger partial charge in [-0.2, -0.15) is 0 Å². The van der Waals surface area contributed by atoms with Crippen LogP contribution in [0.25, 0.3) is 0 Å². The smallest absolute Gasteiger partial charge is 0.328 e. The van der Waals surface area contributed by atoms with Crippen molar-refractivity contribution in [1.82, 2.24) is 10.2 Å². The van der Waals surface area contributed by atoms with Crippen LogP contribution >= 0.6 is 0 Å². The van der Waals surface area contributed by atoms with E-state index in [0.29, 0.717) is 12.0 Å². The summed E-state index contributed by atoms with van der Waals surface area (Å²) in [5.74, 6) is 0.468. The monoisotopic (exact) mass is 372 g/mol. The Balaban J connectivity index is 0.00000102. The van der Waals surface area contributed by atoms with Crippen molar-refractivity contribution in [3.63, 3.8) is 0 Å². The van der Waals surface area contributed by atoms with Gasteiger partial charge < -0.3 is 4.74 Å². The van der Waals surface area contributed by atoms with Crippen molar-refractivity contribution < 1.29 is 9.53 Å². The molecule has 4 aliphatic rings. The van der Waals surface area contributed by atoms with Gasteiger partial charge in [-0.05, 0) is 50.3 Å². The van der Waals surface area contributed by atoms with Crippen LogP contribution < -0.4 is 5.32 Å². The number of rotatable bonds is 5. The Morgan fingerprint density at radius 1 is 1.04 bits per heavy atom. The Bertz CT molecular complexity index is 563. The van der Waals surface area contributed by atoms with Crippen LogP contribution in [-0.4, -0.2) is 42.6 Å². The predicted octanol–water partition coefficient (Wildman–Crippen LogP) is 4.31. The van der Waals surface area contributed by atoms with Crippen molar-refractivity contribution in [3.8, 4) is 0 Å². The minimum atomic E-state index is -0.334. The Hall–Kier alpha value is -1.39. The van der Waals surface area contributed by atoms with Crippen molar-refractivity contribution in [1.29, 1.82) is 0 Å². The van der Waals surface area contributed by atoms with E-state index in [4.69, 9.17) is 4.74 Å². The molecule has 150 valence electrons. The molecule has 1 aromatic carbocycles. The third-order valence-corrected chi connectivity index (χ3v) is 6.24. The van der Waals surface area contributed by atoms with Crippen LogP contribution in [0.5, 0.6) is 0 Å². The summed E-state index contributed by atoms with van der Waals surface area (Å²) in [6, 6.07) is 10.2. The molecule has 0 spiro atoms. The number of carbonyl (C=O) groups excluding carboxylic acids is 1. The van der Waals surface area contributed by atoms with Crippen molar-refractivity contribution in [2.24, 2.45) is 5.92 Å². The lowest BCUT2D eigenvalue weighted by atomic mass is 9.86. The Morgan fingerprint density at radius 2 is 1.70 bits per heavy atom. The summed E-state index contributed by atoms with van der Waals surface area (Å²) in [7, 11) is 0. The van der Waals surface area contributed by atoms with Gasteiger partial charge in [0, 0.05) is 12.6 Å². The van der Waals surface area contributed by atoms with Gasteiger partial charge >= 0.3 is 5.97 Å². The molecule has 1 aliphatic carbocycles. The summed E-state index contributed by atoms with van der Waals surface area (Å²) < 4.78 is 6.04. The zero-order valence-electron chi connectivity index (χ0n) is 17.0. The van der Waals surface area contributed by atoms with Crippen molar-refractivity contribution >= 4 is 5.97 Å². The molecule has 0 amide bonds. The molecule has 27 heavy (non-hydrogen) atoms. The summed E-state index contributed by atoms with van der Waals surface area (Å²) >= 11 is 0. The van der Waals surface area contributed by atoms with Gasteiger partial charge in [0.15, 0.2) is 0 Å². The molecular formula is C23H36N2O2. The van der Waals surface area contributed by atoms with Crippen LogP contribution in [-0.2, 0) is 9.53 Å². The number of nitrogens with zero attached hydrogens (tertiary/aromatic N) is 1. The first kappa shape index (κ1) is 20.3. The van der Waals surface area contributed by atoms with Crippen molar-refractivity contribution in [2.75, 3.05) is 19.6 Å². The van der Waals surface area contributed by atoms with Gasteiger partial charge in [0.1, 0.15) is 12.1 Å². The van der Waals surface area contributed by atoms with Gasteiger partial charge in [-0.3, -0.25) is 10.2 Å². The molecule has 1 unspecified atom stereocenters.